The van der Waals surface area contributed by atoms with Crippen molar-refractivity contribution in [3.8, 4) is 0 Å². The molecule has 0 aromatic carbocycles. The molecule has 0 unspecified atom stereocenters. The van der Waals surface area contributed by atoms with Gasteiger partial charge in [0.05, 0.1) is 11.4 Å². The van der Waals surface area contributed by atoms with Crippen LogP contribution in [0.4, 0.5) is 0 Å². The molecule has 0 saturated heterocycles. The Hall–Kier alpha value is -0.910. The molecule has 2 rings (SSSR count). The van der Waals surface area contributed by atoms with Gasteiger partial charge in [0.1, 0.15) is 0 Å². The fourth-order valence-corrected chi connectivity index (χ4v) is 2.95. The first-order valence-electron chi connectivity index (χ1n) is 6.63. The molecule has 19 heavy (non-hydrogen) atoms. The molecule has 2 heterocycles. The third-order valence-corrected chi connectivity index (χ3v) is 4.83. The number of rotatable bonds is 5. The van der Waals surface area contributed by atoms with Crippen LogP contribution in [0.25, 0.3) is 4.96 Å². The monoisotopic (exact) mass is 280 g/mol. The van der Waals surface area contributed by atoms with E-state index in [2.05, 4.69) is 66.8 Å². The number of aromatic nitrogens is 2. The second-order valence-electron chi connectivity index (χ2n) is 5.95. The van der Waals surface area contributed by atoms with E-state index in [0.29, 0.717) is 0 Å². The molecule has 0 aliphatic heterocycles. The summed E-state index contributed by atoms with van der Waals surface area (Å²) in [4.78, 5) is 7.96. The van der Waals surface area contributed by atoms with Crippen LogP contribution in [0.2, 0.25) is 0 Å². The first kappa shape index (κ1) is 14.5. The van der Waals surface area contributed by atoms with Gasteiger partial charge in [0.15, 0.2) is 4.96 Å². The number of aryl methyl sites for hydroxylation is 2. The first-order chi connectivity index (χ1) is 8.83. The molecule has 0 aliphatic rings. The highest BCUT2D eigenvalue weighted by Gasteiger charge is 2.20. The van der Waals surface area contributed by atoms with Crippen LogP contribution < -0.4 is 5.32 Å². The Morgan fingerprint density at radius 3 is 2.68 bits per heavy atom. The summed E-state index contributed by atoms with van der Waals surface area (Å²) in [5.74, 6) is 0. The Balaban J connectivity index is 2.10. The van der Waals surface area contributed by atoms with Crippen molar-refractivity contribution in [3.05, 3.63) is 22.5 Å². The lowest BCUT2D eigenvalue weighted by Gasteiger charge is -2.32. The molecular weight excluding hydrogens is 256 g/mol. The Bertz CT molecular complexity index is 565. The molecule has 4 nitrogen and oxygen atoms in total. The highest BCUT2D eigenvalue weighted by molar-refractivity contribution is 7.15. The fourth-order valence-electron chi connectivity index (χ4n) is 2.02. The summed E-state index contributed by atoms with van der Waals surface area (Å²) in [5.41, 5.74) is 3.83. The van der Waals surface area contributed by atoms with Crippen molar-refractivity contribution in [3.63, 3.8) is 0 Å². The highest BCUT2D eigenvalue weighted by atomic mass is 32.1. The van der Waals surface area contributed by atoms with Crippen LogP contribution in [0.5, 0.6) is 0 Å². The third kappa shape index (κ3) is 2.83. The van der Waals surface area contributed by atoms with E-state index < -0.39 is 0 Å². The summed E-state index contributed by atoms with van der Waals surface area (Å²) in [6.45, 7) is 10.5. The average molecular weight is 280 g/mol. The molecule has 0 saturated carbocycles. The van der Waals surface area contributed by atoms with E-state index in [4.69, 9.17) is 0 Å². The molecule has 2 aromatic rings. The molecule has 106 valence electrons. The summed E-state index contributed by atoms with van der Waals surface area (Å²) >= 11 is 1.71. The van der Waals surface area contributed by atoms with Crippen molar-refractivity contribution in [2.24, 2.45) is 0 Å². The van der Waals surface area contributed by atoms with Gasteiger partial charge in [-0.15, -0.1) is 11.3 Å². The number of nitrogens with zero attached hydrogens (tertiary/aromatic N) is 3. The minimum absolute atomic E-state index is 0.154. The van der Waals surface area contributed by atoms with Crippen LogP contribution >= 0.6 is 11.3 Å². The maximum atomic E-state index is 4.62. The van der Waals surface area contributed by atoms with Crippen LogP contribution in [0, 0.1) is 13.8 Å². The Morgan fingerprint density at radius 1 is 1.37 bits per heavy atom. The van der Waals surface area contributed by atoms with E-state index >= 15 is 0 Å². The molecule has 0 radical (unpaired) electrons. The van der Waals surface area contributed by atoms with Gasteiger partial charge in [0.2, 0.25) is 0 Å². The van der Waals surface area contributed by atoms with E-state index in [1.807, 2.05) is 0 Å². The van der Waals surface area contributed by atoms with Gasteiger partial charge in [-0.25, -0.2) is 4.98 Å². The van der Waals surface area contributed by atoms with Gasteiger partial charge in [-0.2, -0.15) is 0 Å². The van der Waals surface area contributed by atoms with E-state index in [1.54, 1.807) is 11.3 Å². The maximum absolute atomic E-state index is 4.62. The second-order valence-corrected chi connectivity index (χ2v) is 6.79. The Kier molecular flexibility index (Phi) is 3.99. The zero-order chi connectivity index (χ0) is 14.2. The van der Waals surface area contributed by atoms with E-state index in [9.17, 15) is 0 Å². The highest BCUT2D eigenvalue weighted by Crippen LogP contribution is 2.20. The van der Waals surface area contributed by atoms with Crippen LogP contribution in [0.15, 0.2) is 5.38 Å². The Labute approximate surface area is 119 Å². The van der Waals surface area contributed by atoms with Gasteiger partial charge in [0, 0.05) is 29.7 Å². The minimum Gasteiger partial charge on any atom is -0.309 e. The lowest BCUT2D eigenvalue weighted by atomic mass is 10.0. The molecular formula is C14H24N4S. The molecule has 0 amide bonds. The molecule has 2 aromatic heterocycles. The summed E-state index contributed by atoms with van der Waals surface area (Å²) in [6.07, 6.45) is 0. The summed E-state index contributed by atoms with van der Waals surface area (Å²) in [5, 5.41) is 5.72. The summed E-state index contributed by atoms with van der Waals surface area (Å²) < 4.78 is 2.26. The largest absolute Gasteiger partial charge is 0.309 e. The molecule has 0 bridgehead atoms. The molecule has 0 spiro atoms. The Morgan fingerprint density at radius 2 is 2.05 bits per heavy atom. The lowest BCUT2D eigenvalue weighted by Crippen LogP contribution is -2.46. The molecule has 0 atom stereocenters. The van der Waals surface area contributed by atoms with E-state index in [1.165, 1.54) is 11.4 Å². The van der Waals surface area contributed by atoms with Crippen molar-refractivity contribution >= 4 is 16.3 Å². The third-order valence-electron chi connectivity index (χ3n) is 3.89. The van der Waals surface area contributed by atoms with Gasteiger partial charge in [-0.1, -0.05) is 0 Å². The second kappa shape index (κ2) is 5.23. The number of imidazole rings is 1. The molecule has 0 aliphatic carbocycles. The van der Waals surface area contributed by atoms with Crippen molar-refractivity contribution in [2.75, 3.05) is 20.6 Å². The normalized spacial score (nSPS) is 12.8. The SMILES string of the molecule is Cc1nc2scc(C)n2c1CNCC(C)(C)N(C)C. The van der Waals surface area contributed by atoms with Crippen LogP contribution in [-0.2, 0) is 6.54 Å². The van der Waals surface area contributed by atoms with Gasteiger partial charge < -0.3 is 10.2 Å². The number of thiazole rings is 1. The number of fused-ring (bicyclic) bond motifs is 1. The van der Waals surface area contributed by atoms with E-state index in [-0.39, 0.29) is 5.54 Å². The number of hydrogen-bond acceptors (Lipinski definition) is 4. The predicted octanol–water partition coefficient (Wildman–Crippen LogP) is 2.44. The van der Waals surface area contributed by atoms with Crippen LogP contribution in [0.1, 0.15) is 30.9 Å². The summed E-state index contributed by atoms with van der Waals surface area (Å²) in [7, 11) is 4.24. The van der Waals surface area contributed by atoms with Crippen molar-refractivity contribution in [1.82, 2.24) is 19.6 Å². The zero-order valence-corrected chi connectivity index (χ0v) is 13.6. The maximum Gasteiger partial charge on any atom is 0.194 e. The van der Waals surface area contributed by atoms with Crippen molar-refractivity contribution in [2.45, 2.75) is 39.8 Å². The number of nitrogens with one attached hydrogen (secondary N) is 1. The standard InChI is InChI=1S/C14H24N4S/c1-10-8-19-13-16-11(2)12(18(10)13)7-15-9-14(3,4)17(5)6/h8,15H,7,9H2,1-6H3. The minimum atomic E-state index is 0.154. The quantitative estimate of drug-likeness (QED) is 0.913. The van der Waals surface area contributed by atoms with Gasteiger partial charge in [-0.3, -0.25) is 4.40 Å². The van der Waals surface area contributed by atoms with Crippen LogP contribution in [0.3, 0.4) is 0 Å². The van der Waals surface area contributed by atoms with Gasteiger partial charge >= 0.3 is 0 Å². The fraction of sp³-hybridized carbons (Fsp3) is 0.643. The zero-order valence-electron chi connectivity index (χ0n) is 12.7. The number of likely N-dealkylation sites (N-methyl/N-ethyl adjacent to an activating group) is 1. The number of hydrogen-bond donors (Lipinski definition) is 1. The summed E-state index contributed by atoms with van der Waals surface area (Å²) in [6, 6.07) is 0. The topological polar surface area (TPSA) is 32.6 Å². The predicted molar refractivity (Wildman–Crippen MR) is 82.0 cm³/mol. The molecule has 5 heteroatoms. The van der Waals surface area contributed by atoms with Crippen LogP contribution in [-0.4, -0.2) is 40.5 Å². The molecule has 1 N–H and O–H groups in total. The van der Waals surface area contributed by atoms with Gasteiger partial charge in [0.25, 0.3) is 0 Å². The first-order valence-corrected chi connectivity index (χ1v) is 7.51. The van der Waals surface area contributed by atoms with E-state index in [0.717, 1.165) is 23.7 Å². The van der Waals surface area contributed by atoms with Gasteiger partial charge in [-0.05, 0) is 41.8 Å². The van der Waals surface area contributed by atoms with Crippen molar-refractivity contribution in [1.29, 1.82) is 0 Å². The average Bonchev–Trinajstić information content (AvgIpc) is 2.80. The smallest absolute Gasteiger partial charge is 0.194 e. The lowest BCUT2D eigenvalue weighted by molar-refractivity contribution is 0.189. The molecule has 0 fully saturated rings. The van der Waals surface area contributed by atoms with Crippen molar-refractivity contribution < 1.29 is 0 Å².